The minimum Gasteiger partial charge on any atom is -0.352 e. The van der Waals surface area contributed by atoms with Crippen molar-refractivity contribution in [3.8, 4) is 0 Å². The van der Waals surface area contributed by atoms with Gasteiger partial charge >= 0.3 is 0 Å². The molecule has 2 saturated heterocycles. The highest BCUT2D eigenvalue weighted by Crippen LogP contribution is 2.35. The summed E-state index contributed by atoms with van der Waals surface area (Å²) < 4.78 is 0. The van der Waals surface area contributed by atoms with Crippen molar-refractivity contribution in [3.63, 3.8) is 0 Å². The topological polar surface area (TPSA) is 80.9 Å². The fraction of sp³-hybridized carbons (Fsp3) is 0.318. The zero-order chi connectivity index (χ0) is 19.5. The molecule has 29 heavy (non-hydrogen) atoms. The van der Waals surface area contributed by atoms with Crippen LogP contribution in [-0.4, -0.2) is 55.9 Å². The number of aromatic amines is 2. The number of carbonyl (C=O) groups is 1. The fourth-order valence-corrected chi connectivity index (χ4v) is 5.02. The number of aryl methyl sites for hydroxylation is 1. The predicted octanol–water partition coefficient (Wildman–Crippen LogP) is 3.24. The second kappa shape index (κ2) is 6.07. The summed E-state index contributed by atoms with van der Waals surface area (Å²) in [5.41, 5.74) is 3.76. The number of nitrogens with zero attached hydrogens (tertiary/aromatic N) is 4. The van der Waals surface area contributed by atoms with E-state index in [0.29, 0.717) is 5.69 Å². The first-order valence-electron chi connectivity index (χ1n) is 10.1. The van der Waals surface area contributed by atoms with E-state index in [1.807, 2.05) is 24.4 Å². The number of aromatic nitrogens is 4. The number of anilines is 1. The van der Waals surface area contributed by atoms with Crippen LogP contribution < -0.4 is 4.90 Å². The number of fused-ring (bicyclic) bond motifs is 4. The van der Waals surface area contributed by atoms with Gasteiger partial charge in [-0.2, -0.15) is 0 Å². The van der Waals surface area contributed by atoms with Crippen molar-refractivity contribution < 1.29 is 4.79 Å². The third kappa shape index (κ3) is 2.53. The number of rotatable bonds is 2. The largest absolute Gasteiger partial charge is 0.352 e. The summed E-state index contributed by atoms with van der Waals surface area (Å²) in [6.07, 6.45) is 5.58. The third-order valence-corrected chi connectivity index (χ3v) is 6.36. The molecule has 7 nitrogen and oxygen atoms in total. The van der Waals surface area contributed by atoms with Crippen molar-refractivity contribution in [2.45, 2.75) is 31.8 Å². The van der Waals surface area contributed by atoms with Crippen molar-refractivity contribution in [2.75, 3.05) is 18.0 Å². The molecule has 2 fully saturated rings. The highest BCUT2D eigenvalue weighted by molar-refractivity contribution is 5.99. The molecule has 3 aromatic heterocycles. The first-order valence-corrected chi connectivity index (χ1v) is 10.1. The first-order chi connectivity index (χ1) is 14.2. The predicted molar refractivity (Wildman–Crippen MR) is 112 cm³/mol. The van der Waals surface area contributed by atoms with E-state index in [1.54, 1.807) is 6.33 Å². The van der Waals surface area contributed by atoms with E-state index in [4.69, 9.17) is 0 Å². The monoisotopic (exact) mass is 386 g/mol. The molecule has 6 rings (SSSR count). The van der Waals surface area contributed by atoms with Gasteiger partial charge in [-0.05, 0) is 44.0 Å². The molecular weight excluding hydrogens is 364 g/mol. The number of H-pyrrole nitrogens is 2. The third-order valence-electron chi connectivity index (χ3n) is 6.36. The van der Waals surface area contributed by atoms with Gasteiger partial charge in [0, 0.05) is 30.2 Å². The van der Waals surface area contributed by atoms with Crippen molar-refractivity contribution in [1.82, 2.24) is 24.8 Å². The van der Waals surface area contributed by atoms with E-state index in [-0.39, 0.29) is 18.0 Å². The van der Waals surface area contributed by atoms with Crippen molar-refractivity contribution in [1.29, 1.82) is 0 Å². The fourth-order valence-electron chi connectivity index (χ4n) is 5.02. The van der Waals surface area contributed by atoms with E-state index < -0.39 is 0 Å². The molecule has 2 atom stereocenters. The molecule has 2 unspecified atom stereocenters. The normalized spacial score (nSPS) is 21.4. The molecule has 2 bridgehead atoms. The zero-order valence-electron chi connectivity index (χ0n) is 16.2. The van der Waals surface area contributed by atoms with Gasteiger partial charge < -0.3 is 19.8 Å². The van der Waals surface area contributed by atoms with Gasteiger partial charge in [0.25, 0.3) is 5.91 Å². The smallest absolute Gasteiger partial charge is 0.270 e. The molecule has 0 radical (unpaired) electrons. The van der Waals surface area contributed by atoms with Crippen LogP contribution in [0.2, 0.25) is 0 Å². The minimum absolute atomic E-state index is 0.112. The average molecular weight is 386 g/mol. The standard InChI is InChI=1S/C22H22N6O/c1-13-2-5-18-14(8-13)9-19(26-18)22(29)28-15-3-4-16(28)11-27(10-15)21-17-6-7-23-20(17)24-12-25-21/h2,5-9,12,15-16,26H,3-4,10-11H2,1H3,(H,23,24,25). The molecule has 0 saturated carbocycles. The molecule has 0 aliphatic carbocycles. The summed E-state index contributed by atoms with van der Waals surface area (Å²) in [6.45, 7) is 3.68. The number of piperazine rings is 1. The van der Waals surface area contributed by atoms with E-state index in [1.165, 1.54) is 5.56 Å². The van der Waals surface area contributed by atoms with Crippen LogP contribution in [0.5, 0.6) is 0 Å². The molecule has 5 heterocycles. The maximum Gasteiger partial charge on any atom is 0.270 e. The van der Waals surface area contributed by atoms with E-state index >= 15 is 0 Å². The maximum atomic E-state index is 13.4. The van der Waals surface area contributed by atoms with Gasteiger partial charge in [0.1, 0.15) is 23.5 Å². The van der Waals surface area contributed by atoms with Crippen LogP contribution in [0.3, 0.4) is 0 Å². The van der Waals surface area contributed by atoms with Gasteiger partial charge in [0.05, 0.1) is 17.5 Å². The van der Waals surface area contributed by atoms with Crippen molar-refractivity contribution in [2.24, 2.45) is 0 Å². The Morgan fingerprint density at radius 3 is 2.76 bits per heavy atom. The lowest BCUT2D eigenvalue weighted by Crippen LogP contribution is -2.56. The van der Waals surface area contributed by atoms with Gasteiger partial charge in [-0.3, -0.25) is 4.79 Å². The maximum absolute atomic E-state index is 13.4. The summed E-state index contributed by atoms with van der Waals surface area (Å²) in [7, 11) is 0. The Labute approximate surface area is 167 Å². The van der Waals surface area contributed by atoms with Crippen molar-refractivity contribution in [3.05, 3.63) is 54.1 Å². The Morgan fingerprint density at radius 1 is 1.10 bits per heavy atom. The first kappa shape index (κ1) is 16.6. The lowest BCUT2D eigenvalue weighted by Gasteiger charge is -2.41. The van der Waals surface area contributed by atoms with Crippen LogP contribution in [0.1, 0.15) is 28.9 Å². The molecule has 7 heteroatoms. The number of carbonyl (C=O) groups excluding carboxylic acids is 1. The van der Waals surface area contributed by atoms with E-state index in [9.17, 15) is 4.79 Å². The number of benzene rings is 1. The molecule has 1 amide bonds. The van der Waals surface area contributed by atoms with Crippen LogP contribution >= 0.6 is 0 Å². The number of nitrogens with one attached hydrogen (secondary N) is 2. The quantitative estimate of drug-likeness (QED) is 0.554. The zero-order valence-corrected chi connectivity index (χ0v) is 16.2. The SMILES string of the molecule is Cc1ccc2[nH]c(C(=O)N3C4CCC3CN(c3ncnc5[nH]ccc35)C4)cc2c1. The van der Waals surface area contributed by atoms with Crippen molar-refractivity contribution >= 4 is 33.7 Å². The molecule has 2 aliphatic heterocycles. The Hall–Kier alpha value is -3.35. The molecule has 2 N–H and O–H groups in total. The minimum atomic E-state index is 0.112. The number of amides is 1. The highest BCUT2D eigenvalue weighted by Gasteiger charge is 2.43. The van der Waals surface area contributed by atoms with Crippen LogP contribution in [0.4, 0.5) is 5.82 Å². The van der Waals surface area contributed by atoms with Crippen LogP contribution in [-0.2, 0) is 0 Å². The summed E-state index contributed by atoms with van der Waals surface area (Å²) in [5, 5.41) is 2.13. The van der Waals surface area contributed by atoms with Gasteiger partial charge in [0.2, 0.25) is 0 Å². The highest BCUT2D eigenvalue weighted by atomic mass is 16.2. The van der Waals surface area contributed by atoms with Crippen LogP contribution in [0.25, 0.3) is 21.9 Å². The summed E-state index contributed by atoms with van der Waals surface area (Å²) in [5.74, 6) is 1.07. The summed E-state index contributed by atoms with van der Waals surface area (Å²) >= 11 is 0. The molecular formula is C22H22N6O. The Morgan fingerprint density at radius 2 is 1.93 bits per heavy atom. The average Bonchev–Trinajstić information content (AvgIpc) is 3.42. The van der Waals surface area contributed by atoms with Gasteiger partial charge in [0.15, 0.2) is 0 Å². The summed E-state index contributed by atoms with van der Waals surface area (Å²) in [6, 6.07) is 10.7. The van der Waals surface area contributed by atoms with Crippen LogP contribution in [0, 0.1) is 6.92 Å². The van der Waals surface area contributed by atoms with Gasteiger partial charge in [-0.15, -0.1) is 0 Å². The molecule has 1 aromatic carbocycles. The molecule has 0 spiro atoms. The summed E-state index contributed by atoms with van der Waals surface area (Å²) in [4.78, 5) is 33.1. The number of hydrogen-bond donors (Lipinski definition) is 2. The van der Waals surface area contributed by atoms with E-state index in [0.717, 1.165) is 53.7 Å². The Kier molecular flexibility index (Phi) is 3.47. The van der Waals surface area contributed by atoms with Gasteiger partial charge in [-0.1, -0.05) is 11.6 Å². The second-order valence-electron chi connectivity index (χ2n) is 8.21. The lowest BCUT2D eigenvalue weighted by atomic mass is 10.1. The second-order valence-corrected chi connectivity index (χ2v) is 8.21. The van der Waals surface area contributed by atoms with Crippen LogP contribution in [0.15, 0.2) is 42.9 Å². The molecule has 2 aliphatic rings. The molecule has 146 valence electrons. The Bertz CT molecular complexity index is 1230. The molecule has 4 aromatic rings. The number of hydrogen-bond acceptors (Lipinski definition) is 4. The lowest BCUT2D eigenvalue weighted by molar-refractivity contribution is 0.0636. The van der Waals surface area contributed by atoms with Gasteiger partial charge in [-0.25, -0.2) is 9.97 Å². The van der Waals surface area contributed by atoms with E-state index in [2.05, 4.69) is 48.8 Å². The Balaban J connectivity index is 1.30.